The second-order valence-electron chi connectivity index (χ2n) is 6.21. The van der Waals surface area contributed by atoms with E-state index in [0.717, 1.165) is 30.0 Å². The highest BCUT2D eigenvalue weighted by molar-refractivity contribution is 7.09. The van der Waals surface area contributed by atoms with Gasteiger partial charge in [-0.2, -0.15) is 0 Å². The van der Waals surface area contributed by atoms with E-state index < -0.39 is 0 Å². The first-order valence-corrected chi connectivity index (χ1v) is 8.19. The van der Waals surface area contributed by atoms with Gasteiger partial charge in [-0.25, -0.2) is 4.98 Å². The van der Waals surface area contributed by atoms with Gasteiger partial charge in [0.2, 0.25) is 5.91 Å². The summed E-state index contributed by atoms with van der Waals surface area (Å²) in [6.45, 7) is 9.02. The summed E-state index contributed by atoms with van der Waals surface area (Å²) in [6, 6.07) is 0.0863. The van der Waals surface area contributed by atoms with E-state index in [0.29, 0.717) is 13.0 Å². The number of halogens is 2. The second-order valence-corrected chi connectivity index (χ2v) is 7.07. The zero-order chi connectivity index (χ0) is 15.2. The molecule has 1 aromatic rings. The van der Waals surface area contributed by atoms with Crippen molar-refractivity contribution in [1.29, 1.82) is 0 Å². The summed E-state index contributed by atoms with van der Waals surface area (Å²) >= 11 is 1.62. The third kappa shape index (κ3) is 8.32. The van der Waals surface area contributed by atoms with Gasteiger partial charge in [0.05, 0.1) is 17.1 Å². The molecule has 0 aliphatic rings. The smallest absolute Gasteiger partial charge is 0.226 e. The van der Waals surface area contributed by atoms with Gasteiger partial charge in [0.25, 0.3) is 0 Å². The molecule has 0 bridgehead atoms. The van der Waals surface area contributed by atoms with Crippen LogP contribution >= 0.6 is 36.2 Å². The molecule has 0 aliphatic carbocycles. The molecular formula is C15H29Cl2N3OS. The van der Waals surface area contributed by atoms with Crippen LogP contribution < -0.4 is 11.1 Å². The lowest BCUT2D eigenvalue weighted by molar-refractivity contribution is -0.121. The summed E-state index contributed by atoms with van der Waals surface area (Å²) in [7, 11) is 0. The van der Waals surface area contributed by atoms with E-state index in [4.69, 9.17) is 5.73 Å². The van der Waals surface area contributed by atoms with Crippen molar-refractivity contribution < 1.29 is 4.79 Å². The average Bonchev–Trinajstić information content (AvgIpc) is 2.82. The van der Waals surface area contributed by atoms with Crippen LogP contribution in [0.15, 0.2) is 5.38 Å². The summed E-state index contributed by atoms with van der Waals surface area (Å²) in [5.41, 5.74) is 6.58. The lowest BCUT2D eigenvalue weighted by Crippen LogP contribution is -2.40. The highest BCUT2D eigenvalue weighted by atomic mass is 35.5. The molecule has 3 N–H and O–H groups in total. The van der Waals surface area contributed by atoms with Crippen LogP contribution in [0, 0.1) is 0 Å². The van der Waals surface area contributed by atoms with Crippen molar-refractivity contribution in [2.24, 2.45) is 5.73 Å². The third-order valence-corrected chi connectivity index (χ3v) is 4.41. The first-order valence-electron chi connectivity index (χ1n) is 7.31. The first-order chi connectivity index (χ1) is 9.36. The van der Waals surface area contributed by atoms with Gasteiger partial charge in [0.15, 0.2) is 0 Å². The van der Waals surface area contributed by atoms with Crippen LogP contribution in [-0.4, -0.2) is 23.5 Å². The Morgan fingerprint density at radius 3 is 2.50 bits per heavy atom. The Balaban J connectivity index is 0. The lowest BCUT2D eigenvalue weighted by Gasteiger charge is -2.16. The quantitative estimate of drug-likeness (QED) is 0.772. The van der Waals surface area contributed by atoms with Crippen molar-refractivity contribution in [2.45, 2.75) is 64.8 Å². The number of hydrogen-bond acceptors (Lipinski definition) is 4. The molecule has 1 heterocycles. The van der Waals surface area contributed by atoms with Crippen LogP contribution in [0.2, 0.25) is 0 Å². The number of aromatic nitrogens is 1. The molecule has 1 unspecified atom stereocenters. The van der Waals surface area contributed by atoms with Crippen molar-refractivity contribution >= 4 is 42.1 Å². The molecule has 0 saturated carbocycles. The lowest BCUT2D eigenvalue weighted by atomic mass is 9.98. The highest BCUT2D eigenvalue weighted by Crippen LogP contribution is 2.25. The van der Waals surface area contributed by atoms with Gasteiger partial charge in [-0.15, -0.1) is 36.2 Å². The molecule has 1 amide bonds. The van der Waals surface area contributed by atoms with Gasteiger partial charge in [-0.3, -0.25) is 4.79 Å². The van der Waals surface area contributed by atoms with Crippen molar-refractivity contribution in [3.8, 4) is 0 Å². The number of carbonyl (C=O) groups excluding carboxylic acids is 1. The summed E-state index contributed by atoms with van der Waals surface area (Å²) in [6.07, 6.45) is 3.50. The van der Waals surface area contributed by atoms with E-state index in [1.54, 1.807) is 11.3 Å². The Kier molecular flexibility index (Phi) is 12.2. The minimum Gasteiger partial charge on any atom is -0.352 e. The largest absolute Gasteiger partial charge is 0.352 e. The molecule has 0 radical (unpaired) electrons. The monoisotopic (exact) mass is 369 g/mol. The summed E-state index contributed by atoms with van der Waals surface area (Å²) in [5.74, 6) is 0.0160. The molecule has 0 aliphatic heterocycles. The fraction of sp³-hybridized carbons (Fsp3) is 0.733. The Hall–Kier alpha value is -0.360. The van der Waals surface area contributed by atoms with Crippen LogP contribution in [0.25, 0.3) is 0 Å². The van der Waals surface area contributed by atoms with Gasteiger partial charge >= 0.3 is 0 Å². The average molecular weight is 370 g/mol. The number of nitrogens with zero attached hydrogens (tertiary/aromatic N) is 1. The molecular weight excluding hydrogens is 341 g/mol. The van der Waals surface area contributed by atoms with E-state index in [1.807, 2.05) is 5.38 Å². The molecule has 4 nitrogen and oxygen atoms in total. The van der Waals surface area contributed by atoms with Crippen LogP contribution in [0.5, 0.6) is 0 Å². The summed E-state index contributed by atoms with van der Waals surface area (Å²) in [5, 5.41) is 6.05. The Labute approximate surface area is 150 Å². The van der Waals surface area contributed by atoms with Crippen molar-refractivity contribution in [1.82, 2.24) is 10.3 Å². The number of thiazole rings is 1. The molecule has 0 saturated heterocycles. The zero-order valence-corrected chi connectivity index (χ0v) is 16.3. The first kappa shape index (κ1) is 23.9. The van der Waals surface area contributed by atoms with Gasteiger partial charge in [-0.1, -0.05) is 40.5 Å². The predicted octanol–water partition coefficient (Wildman–Crippen LogP) is 3.46. The molecule has 7 heteroatoms. The van der Waals surface area contributed by atoms with E-state index >= 15 is 0 Å². The fourth-order valence-corrected chi connectivity index (χ4v) is 2.78. The van der Waals surface area contributed by atoms with Crippen LogP contribution in [0.4, 0.5) is 0 Å². The number of hydrogen-bond donors (Lipinski definition) is 2. The van der Waals surface area contributed by atoms with E-state index in [2.05, 4.69) is 38.0 Å². The number of rotatable bonds is 7. The van der Waals surface area contributed by atoms with E-state index in [9.17, 15) is 4.79 Å². The Morgan fingerprint density at radius 2 is 2.05 bits per heavy atom. The molecule has 0 aromatic carbocycles. The molecule has 1 aromatic heterocycles. The highest BCUT2D eigenvalue weighted by Gasteiger charge is 2.19. The normalized spacial score (nSPS) is 12.0. The summed E-state index contributed by atoms with van der Waals surface area (Å²) < 4.78 is 0. The molecule has 0 spiro atoms. The molecule has 1 rings (SSSR count). The maximum Gasteiger partial charge on any atom is 0.226 e. The topological polar surface area (TPSA) is 68.0 Å². The molecule has 130 valence electrons. The number of nitrogens with one attached hydrogen (secondary N) is 1. The fourth-order valence-electron chi connectivity index (χ4n) is 1.88. The van der Waals surface area contributed by atoms with Gasteiger partial charge in [-0.05, 0) is 6.42 Å². The van der Waals surface area contributed by atoms with Crippen LogP contribution in [-0.2, 0) is 16.6 Å². The van der Waals surface area contributed by atoms with Crippen LogP contribution in [0.3, 0.4) is 0 Å². The molecule has 1 atom stereocenters. The van der Waals surface area contributed by atoms with Gasteiger partial charge in [0, 0.05) is 23.4 Å². The maximum absolute atomic E-state index is 12.0. The van der Waals surface area contributed by atoms with Crippen molar-refractivity contribution in [2.75, 3.05) is 6.54 Å². The van der Waals surface area contributed by atoms with Gasteiger partial charge < -0.3 is 11.1 Å². The predicted molar refractivity (Wildman–Crippen MR) is 99.5 cm³/mol. The minimum atomic E-state index is 0. The third-order valence-electron chi connectivity index (χ3n) is 3.09. The summed E-state index contributed by atoms with van der Waals surface area (Å²) in [4.78, 5) is 16.5. The second kappa shape index (κ2) is 11.2. The SMILES string of the molecule is CCCCC(CN)NC(=O)Cc1csc(C(C)(C)C)n1.Cl.Cl. The number of amides is 1. The Morgan fingerprint density at radius 1 is 1.41 bits per heavy atom. The van der Waals surface area contributed by atoms with Crippen molar-refractivity contribution in [3.63, 3.8) is 0 Å². The zero-order valence-electron chi connectivity index (χ0n) is 13.8. The van der Waals surface area contributed by atoms with Crippen LogP contribution in [0.1, 0.15) is 57.7 Å². The number of carbonyl (C=O) groups is 1. The molecule has 0 fully saturated rings. The minimum absolute atomic E-state index is 0. The molecule has 22 heavy (non-hydrogen) atoms. The van der Waals surface area contributed by atoms with E-state index in [1.165, 1.54) is 0 Å². The van der Waals surface area contributed by atoms with Crippen molar-refractivity contribution in [3.05, 3.63) is 16.1 Å². The Bertz CT molecular complexity index is 433. The number of unbranched alkanes of at least 4 members (excludes halogenated alkanes) is 1. The van der Waals surface area contributed by atoms with Gasteiger partial charge in [0.1, 0.15) is 0 Å². The van der Waals surface area contributed by atoms with E-state index in [-0.39, 0.29) is 42.2 Å². The number of nitrogens with two attached hydrogens (primary N) is 1. The standard InChI is InChI=1S/C15H27N3OS.2ClH/c1-5-6-7-11(9-16)17-13(19)8-12-10-20-14(18-12)15(2,3)4;;/h10-11H,5-9,16H2,1-4H3,(H,17,19);2*1H. The maximum atomic E-state index is 12.0.